The van der Waals surface area contributed by atoms with E-state index in [-0.39, 0.29) is 5.56 Å². The van der Waals surface area contributed by atoms with E-state index in [1.807, 2.05) is 0 Å². The minimum atomic E-state index is -1.14. The summed E-state index contributed by atoms with van der Waals surface area (Å²) in [4.78, 5) is 24.4. The number of carboxylic acids is 1. The SMILES string of the molecule is O=C(O)c1cc(-c2ccn[nH]2)[nH]c(=O)c1. The van der Waals surface area contributed by atoms with Crippen LogP contribution in [0.4, 0.5) is 0 Å². The normalized spacial score (nSPS) is 10.1. The lowest BCUT2D eigenvalue weighted by Crippen LogP contribution is -2.10. The van der Waals surface area contributed by atoms with E-state index in [9.17, 15) is 9.59 Å². The van der Waals surface area contributed by atoms with Crippen molar-refractivity contribution in [3.05, 3.63) is 40.3 Å². The van der Waals surface area contributed by atoms with Gasteiger partial charge in [-0.25, -0.2) is 4.79 Å². The van der Waals surface area contributed by atoms with Crippen LogP contribution in [0.2, 0.25) is 0 Å². The number of aromatic carboxylic acids is 1. The molecule has 0 aliphatic rings. The zero-order valence-electron chi connectivity index (χ0n) is 7.52. The van der Waals surface area contributed by atoms with Gasteiger partial charge < -0.3 is 10.1 Å². The maximum Gasteiger partial charge on any atom is 0.335 e. The predicted molar refractivity (Wildman–Crippen MR) is 51.6 cm³/mol. The van der Waals surface area contributed by atoms with Crippen molar-refractivity contribution in [2.45, 2.75) is 0 Å². The number of pyridine rings is 1. The Hall–Kier alpha value is -2.37. The fraction of sp³-hybridized carbons (Fsp3) is 0. The number of nitrogens with zero attached hydrogens (tertiary/aromatic N) is 1. The summed E-state index contributed by atoms with van der Waals surface area (Å²) >= 11 is 0. The van der Waals surface area contributed by atoms with Crippen LogP contribution >= 0.6 is 0 Å². The number of aromatic nitrogens is 3. The van der Waals surface area contributed by atoms with Gasteiger partial charge >= 0.3 is 5.97 Å². The number of rotatable bonds is 2. The van der Waals surface area contributed by atoms with Crippen molar-refractivity contribution in [3.8, 4) is 11.4 Å². The molecule has 6 heteroatoms. The van der Waals surface area contributed by atoms with E-state index < -0.39 is 11.5 Å². The Labute approximate surface area is 83.6 Å². The van der Waals surface area contributed by atoms with Crippen LogP contribution < -0.4 is 5.56 Å². The first-order valence-electron chi connectivity index (χ1n) is 4.14. The maximum absolute atomic E-state index is 11.2. The third-order valence-electron chi connectivity index (χ3n) is 1.88. The maximum atomic E-state index is 11.2. The van der Waals surface area contributed by atoms with Gasteiger partial charge in [0.15, 0.2) is 0 Å². The van der Waals surface area contributed by atoms with Gasteiger partial charge in [-0.1, -0.05) is 0 Å². The zero-order chi connectivity index (χ0) is 10.8. The molecule has 3 N–H and O–H groups in total. The predicted octanol–water partition coefficient (Wildman–Crippen LogP) is 0.463. The lowest BCUT2D eigenvalue weighted by molar-refractivity contribution is 0.0696. The van der Waals surface area contributed by atoms with Crippen LogP contribution in [-0.2, 0) is 0 Å². The fourth-order valence-corrected chi connectivity index (χ4v) is 1.22. The highest BCUT2D eigenvalue weighted by Gasteiger charge is 2.07. The Balaban J connectivity index is 2.59. The van der Waals surface area contributed by atoms with E-state index in [1.165, 1.54) is 12.3 Å². The first-order valence-corrected chi connectivity index (χ1v) is 4.14. The number of hydrogen-bond acceptors (Lipinski definition) is 3. The number of nitrogens with one attached hydrogen (secondary N) is 2. The minimum absolute atomic E-state index is 0.0525. The highest BCUT2D eigenvalue weighted by atomic mass is 16.4. The smallest absolute Gasteiger partial charge is 0.335 e. The van der Waals surface area contributed by atoms with Crippen LogP contribution in [0.1, 0.15) is 10.4 Å². The molecule has 15 heavy (non-hydrogen) atoms. The molecule has 6 nitrogen and oxygen atoms in total. The molecule has 0 fully saturated rings. The number of carboxylic acid groups (broad SMARTS) is 1. The summed E-state index contributed by atoms with van der Waals surface area (Å²) in [6.45, 7) is 0. The topological polar surface area (TPSA) is 98.8 Å². The molecule has 0 bridgehead atoms. The van der Waals surface area contributed by atoms with E-state index >= 15 is 0 Å². The molecule has 2 aromatic heterocycles. The average molecular weight is 205 g/mol. The largest absolute Gasteiger partial charge is 0.478 e. The summed E-state index contributed by atoms with van der Waals surface area (Å²) in [5, 5.41) is 15.1. The lowest BCUT2D eigenvalue weighted by atomic mass is 10.2. The second-order valence-electron chi connectivity index (χ2n) is 2.92. The summed E-state index contributed by atoms with van der Waals surface area (Å²) in [7, 11) is 0. The molecule has 2 rings (SSSR count). The van der Waals surface area contributed by atoms with Gasteiger partial charge in [0.2, 0.25) is 5.56 Å². The Morgan fingerprint density at radius 1 is 1.33 bits per heavy atom. The Morgan fingerprint density at radius 3 is 2.73 bits per heavy atom. The Bertz CT molecular complexity index is 542. The second-order valence-corrected chi connectivity index (χ2v) is 2.92. The molecule has 2 heterocycles. The van der Waals surface area contributed by atoms with Gasteiger partial charge in [-0.3, -0.25) is 9.89 Å². The molecule has 0 aliphatic carbocycles. The minimum Gasteiger partial charge on any atom is -0.478 e. The first-order chi connectivity index (χ1) is 7.16. The highest BCUT2D eigenvalue weighted by Crippen LogP contribution is 2.12. The first kappa shape index (κ1) is 9.20. The second kappa shape index (κ2) is 3.41. The standard InChI is InChI=1S/C9H7N3O3/c13-8-4-5(9(14)15)3-7(11-8)6-1-2-10-12-6/h1-4H,(H,10,12)(H,11,13)(H,14,15). The molecule has 2 aromatic rings. The van der Waals surface area contributed by atoms with Crippen molar-refractivity contribution in [2.24, 2.45) is 0 Å². The molecular weight excluding hydrogens is 198 g/mol. The third-order valence-corrected chi connectivity index (χ3v) is 1.88. The van der Waals surface area contributed by atoms with Gasteiger partial charge in [-0.05, 0) is 12.1 Å². The van der Waals surface area contributed by atoms with Crippen molar-refractivity contribution in [3.63, 3.8) is 0 Å². The average Bonchev–Trinajstić information content (AvgIpc) is 2.69. The van der Waals surface area contributed by atoms with Crippen LogP contribution in [0, 0.1) is 0 Å². The van der Waals surface area contributed by atoms with Crippen molar-refractivity contribution in [1.29, 1.82) is 0 Å². The van der Waals surface area contributed by atoms with E-state index in [0.29, 0.717) is 11.4 Å². The van der Waals surface area contributed by atoms with E-state index in [2.05, 4.69) is 15.2 Å². The number of aromatic amines is 2. The summed E-state index contributed by atoms with van der Waals surface area (Å²) in [5.74, 6) is -1.14. The van der Waals surface area contributed by atoms with Crippen LogP contribution in [0.3, 0.4) is 0 Å². The monoisotopic (exact) mass is 205 g/mol. The lowest BCUT2D eigenvalue weighted by Gasteiger charge is -1.98. The number of H-pyrrole nitrogens is 2. The molecular formula is C9H7N3O3. The summed E-state index contributed by atoms with van der Waals surface area (Å²) < 4.78 is 0. The van der Waals surface area contributed by atoms with E-state index in [4.69, 9.17) is 5.11 Å². The molecule has 0 spiro atoms. The van der Waals surface area contributed by atoms with Gasteiger partial charge in [-0.2, -0.15) is 5.10 Å². The molecule has 0 saturated heterocycles. The van der Waals surface area contributed by atoms with Crippen molar-refractivity contribution < 1.29 is 9.90 Å². The number of carbonyl (C=O) groups is 1. The molecule has 0 atom stereocenters. The molecule has 0 aliphatic heterocycles. The van der Waals surface area contributed by atoms with Gasteiger partial charge in [0.1, 0.15) is 0 Å². The molecule has 0 aromatic carbocycles. The van der Waals surface area contributed by atoms with Gasteiger partial charge in [0.05, 0.1) is 17.0 Å². The summed E-state index contributed by atoms with van der Waals surface area (Å²) in [5.41, 5.74) is 0.454. The quantitative estimate of drug-likeness (QED) is 0.663. The molecule has 0 amide bonds. The zero-order valence-corrected chi connectivity index (χ0v) is 7.52. The Morgan fingerprint density at radius 2 is 2.13 bits per heavy atom. The van der Waals surface area contributed by atoms with Gasteiger partial charge in [0, 0.05) is 12.3 Å². The van der Waals surface area contributed by atoms with Gasteiger partial charge in [0.25, 0.3) is 0 Å². The van der Waals surface area contributed by atoms with Crippen LogP contribution in [0.5, 0.6) is 0 Å². The highest BCUT2D eigenvalue weighted by molar-refractivity contribution is 5.88. The molecule has 0 radical (unpaired) electrons. The molecule has 76 valence electrons. The number of hydrogen-bond donors (Lipinski definition) is 3. The molecule has 0 saturated carbocycles. The van der Waals surface area contributed by atoms with E-state index in [0.717, 1.165) is 6.07 Å². The third kappa shape index (κ3) is 1.78. The van der Waals surface area contributed by atoms with Crippen LogP contribution in [0.15, 0.2) is 29.2 Å². The van der Waals surface area contributed by atoms with Gasteiger partial charge in [-0.15, -0.1) is 0 Å². The van der Waals surface area contributed by atoms with Crippen molar-refractivity contribution in [1.82, 2.24) is 15.2 Å². The fourth-order valence-electron chi connectivity index (χ4n) is 1.22. The summed E-state index contributed by atoms with van der Waals surface area (Å²) in [6.07, 6.45) is 1.51. The van der Waals surface area contributed by atoms with Crippen LogP contribution in [-0.4, -0.2) is 26.3 Å². The van der Waals surface area contributed by atoms with Crippen molar-refractivity contribution >= 4 is 5.97 Å². The van der Waals surface area contributed by atoms with Crippen molar-refractivity contribution in [2.75, 3.05) is 0 Å². The van der Waals surface area contributed by atoms with E-state index in [1.54, 1.807) is 6.07 Å². The molecule has 0 unspecified atom stereocenters. The summed E-state index contributed by atoms with van der Waals surface area (Å²) in [6, 6.07) is 4.04. The Kier molecular flexibility index (Phi) is 2.09. The van der Waals surface area contributed by atoms with Crippen LogP contribution in [0.25, 0.3) is 11.4 Å².